The van der Waals surface area contributed by atoms with Crippen molar-refractivity contribution in [2.45, 2.75) is 38.3 Å². The number of likely N-dealkylation sites (N-methyl/N-ethyl adjacent to an activating group) is 1. The van der Waals surface area contributed by atoms with Gasteiger partial charge in [-0.3, -0.25) is 14.9 Å². The molecule has 2 fully saturated rings. The van der Waals surface area contributed by atoms with Gasteiger partial charge in [-0.05, 0) is 70.5 Å². The van der Waals surface area contributed by atoms with E-state index in [2.05, 4.69) is 91.8 Å². The second kappa shape index (κ2) is 13.4. The highest BCUT2D eigenvalue weighted by molar-refractivity contribution is 7.65. The molecule has 0 spiro atoms. The molecule has 6 rings (SSSR count). The number of nitrogens with zero attached hydrogens (tertiary/aromatic N) is 7. The van der Waals surface area contributed by atoms with Crippen LogP contribution in [0.15, 0.2) is 42.9 Å². The number of aromatic nitrogens is 4. The lowest BCUT2D eigenvalue weighted by Gasteiger charge is -2.49. The number of ether oxygens (including phenoxy) is 1. The number of halogens is 1. The Balaban J connectivity index is 1.20. The average molecular weight is 632 g/mol. The normalized spacial score (nSPS) is 16.4. The summed E-state index contributed by atoms with van der Waals surface area (Å²) in [5.74, 6) is 0.511. The molecule has 2 N–H and O–H groups in total. The minimum absolute atomic E-state index is 0.0853. The van der Waals surface area contributed by atoms with Gasteiger partial charge in [0.2, 0.25) is 5.95 Å². The molecule has 45 heavy (non-hydrogen) atoms. The standard InChI is InChI=1S/C33H43FN9OP/c1-7-21-16-27(29(44-4)17-28(21)42-14-10-22(11-15-42)43-19-23(20-43)41(2)3)39-33-37-18-24(34)32(40-33)38-26-9-8-25-30(31(26)45(5)6)36-13-12-35-25/h8-9,12-13,16-18,22-23H,7,10-11,14-15,19-20H2,1-6H3,(H2,37,38,39,40). The van der Waals surface area contributed by atoms with Crippen LogP contribution in [-0.2, 0) is 6.42 Å². The van der Waals surface area contributed by atoms with Crippen molar-refractivity contribution in [3.8, 4) is 5.75 Å². The maximum Gasteiger partial charge on any atom is 0.229 e. The van der Waals surface area contributed by atoms with Crippen LogP contribution in [0.4, 0.5) is 33.2 Å². The maximum atomic E-state index is 15.0. The van der Waals surface area contributed by atoms with Gasteiger partial charge in [0.05, 0.1) is 30.0 Å². The van der Waals surface area contributed by atoms with Gasteiger partial charge in [0.25, 0.3) is 0 Å². The average Bonchev–Trinajstić information content (AvgIpc) is 3.01. The topological polar surface area (TPSA) is 94.6 Å². The van der Waals surface area contributed by atoms with Crippen LogP contribution in [0.2, 0.25) is 0 Å². The monoisotopic (exact) mass is 631 g/mol. The summed E-state index contributed by atoms with van der Waals surface area (Å²) in [6, 6.07) is 9.36. The molecule has 0 radical (unpaired) electrons. The summed E-state index contributed by atoms with van der Waals surface area (Å²) >= 11 is 0. The van der Waals surface area contributed by atoms with Gasteiger partial charge >= 0.3 is 0 Å². The van der Waals surface area contributed by atoms with Gasteiger partial charge in [-0.2, -0.15) is 4.98 Å². The van der Waals surface area contributed by atoms with Crippen molar-refractivity contribution in [3.63, 3.8) is 0 Å². The fourth-order valence-corrected chi connectivity index (χ4v) is 7.59. The maximum absolute atomic E-state index is 15.0. The summed E-state index contributed by atoms with van der Waals surface area (Å²) in [5.41, 5.74) is 5.54. The molecule has 4 heterocycles. The molecule has 0 unspecified atom stereocenters. The van der Waals surface area contributed by atoms with Gasteiger partial charge in [0.15, 0.2) is 11.6 Å². The highest BCUT2D eigenvalue weighted by Gasteiger charge is 2.35. The molecule has 2 aromatic heterocycles. The number of fused-ring (bicyclic) bond motifs is 1. The first-order valence-electron chi connectivity index (χ1n) is 15.6. The molecular formula is C33H43FN9OP. The zero-order valence-corrected chi connectivity index (χ0v) is 27.9. The number of hydrogen-bond donors (Lipinski definition) is 2. The van der Waals surface area contributed by atoms with Crippen LogP contribution in [0.3, 0.4) is 0 Å². The highest BCUT2D eigenvalue weighted by atomic mass is 31.1. The minimum atomic E-state index is -0.570. The first kappa shape index (κ1) is 31.3. The fourth-order valence-electron chi connectivity index (χ4n) is 6.38. The Morgan fingerprint density at radius 1 is 1.02 bits per heavy atom. The molecular weight excluding hydrogens is 588 g/mol. The van der Waals surface area contributed by atoms with Gasteiger partial charge in [0.1, 0.15) is 5.75 Å². The zero-order chi connectivity index (χ0) is 31.7. The summed E-state index contributed by atoms with van der Waals surface area (Å²) in [6.07, 6.45) is 7.73. The van der Waals surface area contributed by atoms with Crippen LogP contribution < -0.4 is 25.6 Å². The SMILES string of the molecule is CCc1cc(Nc2ncc(F)c(Nc3ccc4nccnc4c3P(C)C)n2)c(OC)cc1N1CCC(N2CC(N(C)C)C2)CC1. The second-order valence-corrected chi connectivity index (χ2v) is 14.5. The number of aryl methyl sites for hydroxylation is 1. The Morgan fingerprint density at radius 2 is 1.78 bits per heavy atom. The fraction of sp³-hybridized carbons (Fsp3) is 0.455. The predicted octanol–water partition coefficient (Wildman–Crippen LogP) is 5.20. The van der Waals surface area contributed by atoms with Gasteiger partial charge in [-0.25, -0.2) is 9.37 Å². The van der Waals surface area contributed by atoms with Crippen molar-refractivity contribution in [1.82, 2.24) is 29.7 Å². The molecule has 4 aromatic rings. The van der Waals surface area contributed by atoms with Crippen molar-refractivity contribution in [2.75, 3.05) is 76.2 Å². The van der Waals surface area contributed by atoms with Crippen LogP contribution in [0, 0.1) is 5.82 Å². The molecule has 0 atom stereocenters. The Kier molecular flexibility index (Phi) is 9.31. The van der Waals surface area contributed by atoms with E-state index in [0.29, 0.717) is 17.8 Å². The third kappa shape index (κ3) is 6.52. The van der Waals surface area contributed by atoms with Crippen molar-refractivity contribution in [2.24, 2.45) is 0 Å². The van der Waals surface area contributed by atoms with E-state index < -0.39 is 13.7 Å². The number of benzene rings is 2. The lowest BCUT2D eigenvalue weighted by atomic mass is 9.96. The second-order valence-electron chi connectivity index (χ2n) is 12.2. The van der Waals surface area contributed by atoms with E-state index >= 15 is 4.39 Å². The van der Waals surface area contributed by atoms with Crippen LogP contribution in [0.1, 0.15) is 25.3 Å². The van der Waals surface area contributed by atoms with Gasteiger partial charge in [-0.15, -0.1) is 0 Å². The van der Waals surface area contributed by atoms with Crippen molar-refractivity contribution in [3.05, 3.63) is 54.2 Å². The van der Waals surface area contributed by atoms with Crippen LogP contribution in [0.25, 0.3) is 11.0 Å². The van der Waals surface area contributed by atoms with E-state index in [1.54, 1.807) is 19.5 Å². The molecule has 2 saturated heterocycles. The number of methoxy groups -OCH3 is 1. The number of likely N-dealkylation sites (tertiary alicyclic amines) is 1. The number of anilines is 5. The highest BCUT2D eigenvalue weighted by Crippen LogP contribution is 2.38. The molecule has 238 valence electrons. The molecule has 2 aliphatic heterocycles. The van der Waals surface area contributed by atoms with E-state index in [4.69, 9.17) is 4.74 Å². The van der Waals surface area contributed by atoms with Gasteiger partial charge in [-0.1, -0.05) is 14.8 Å². The lowest BCUT2D eigenvalue weighted by Crippen LogP contribution is -2.62. The van der Waals surface area contributed by atoms with Crippen molar-refractivity contribution >= 4 is 53.1 Å². The van der Waals surface area contributed by atoms with E-state index in [9.17, 15) is 0 Å². The molecule has 10 nitrogen and oxygen atoms in total. The smallest absolute Gasteiger partial charge is 0.229 e. The molecule has 0 bridgehead atoms. The third-order valence-corrected chi connectivity index (χ3v) is 10.4. The zero-order valence-electron chi connectivity index (χ0n) is 27.0. The lowest BCUT2D eigenvalue weighted by molar-refractivity contribution is 0.0188. The molecule has 2 aromatic carbocycles. The summed E-state index contributed by atoms with van der Waals surface area (Å²) in [4.78, 5) is 25.2. The summed E-state index contributed by atoms with van der Waals surface area (Å²) in [5, 5.41) is 7.52. The third-order valence-electron chi connectivity index (χ3n) is 9.03. The first-order valence-corrected chi connectivity index (χ1v) is 17.8. The Bertz CT molecular complexity index is 1660. The Labute approximate surface area is 266 Å². The van der Waals surface area contributed by atoms with Gasteiger partial charge < -0.3 is 25.2 Å². The van der Waals surface area contributed by atoms with E-state index in [-0.39, 0.29) is 11.8 Å². The molecule has 12 heteroatoms. The summed E-state index contributed by atoms with van der Waals surface area (Å²) in [7, 11) is 5.45. The minimum Gasteiger partial charge on any atom is -0.494 e. The largest absolute Gasteiger partial charge is 0.494 e. The van der Waals surface area contributed by atoms with Crippen LogP contribution in [-0.4, -0.2) is 103 Å². The number of hydrogen-bond acceptors (Lipinski definition) is 10. The summed E-state index contributed by atoms with van der Waals surface area (Å²) < 4.78 is 20.9. The number of rotatable bonds is 10. The Hall–Kier alpha value is -3.66. The molecule has 2 aliphatic rings. The van der Waals surface area contributed by atoms with Gasteiger partial charge in [0, 0.05) is 73.4 Å². The molecule has 0 aliphatic carbocycles. The van der Waals surface area contributed by atoms with E-state index in [1.807, 2.05) is 12.1 Å². The number of piperidine rings is 1. The van der Waals surface area contributed by atoms with Crippen molar-refractivity contribution in [1.29, 1.82) is 0 Å². The quantitative estimate of drug-likeness (QED) is 0.228. The Morgan fingerprint density at radius 3 is 2.47 bits per heavy atom. The van der Waals surface area contributed by atoms with Crippen LogP contribution in [0.5, 0.6) is 5.75 Å². The van der Waals surface area contributed by atoms with E-state index in [0.717, 1.165) is 60.1 Å². The number of nitrogens with one attached hydrogen (secondary N) is 2. The van der Waals surface area contributed by atoms with Crippen LogP contribution >= 0.6 is 7.92 Å². The van der Waals surface area contributed by atoms with Crippen molar-refractivity contribution < 1.29 is 9.13 Å². The first-order chi connectivity index (χ1) is 21.7. The predicted molar refractivity (Wildman–Crippen MR) is 183 cm³/mol. The molecule has 0 amide bonds. The summed E-state index contributed by atoms with van der Waals surface area (Å²) in [6.45, 7) is 10.8. The molecule has 0 saturated carbocycles. The van der Waals surface area contributed by atoms with E-state index in [1.165, 1.54) is 30.5 Å².